The molecule has 0 bridgehead atoms. The highest BCUT2D eigenvalue weighted by Crippen LogP contribution is 2.30. The smallest absolute Gasteiger partial charge is 0.280 e. The highest BCUT2D eigenvalue weighted by atomic mass is 19.3. The van der Waals surface area contributed by atoms with E-state index in [-0.39, 0.29) is 25.3 Å². The molecule has 1 aliphatic rings. The van der Waals surface area contributed by atoms with Crippen molar-refractivity contribution in [2.45, 2.75) is 18.8 Å². The third-order valence-electron chi connectivity index (χ3n) is 2.04. The van der Waals surface area contributed by atoms with E-state index in [9.17, 15) is 18.0 Å². The van der Waals surface area contributed by atoms with Crippen molar-refractivity contribution in [1.29, 1.82) is 0 Å². The lowest BCUT2D eigenvalue weighted by Gasteiger charge is -2.27. The molecule has 1 unspecified atom stereocenters. The number of halogens is 3. The summed E-state index contributed by atoms with van der Waals surface area (Å²) in [7, 11) is 0. The van der Waals surface area contributed by atoms with Crippen LogP contribution >= 0.6 is 0 Å². The van der Waals surface area contributed by atoms with Crippen molar-refractivity contribution in [2.75, 3.05) is 13.2 Å². The third-order valence-corrected chi connectivity index (χ3v) is 2.04. The van der Waals surface area contributed by atoms with E-state index in [1.807, 2.05) is 0 Å². The fraction of sp³-hybridized carbons (Fsp3) is 0.857. The van der Waals surface area contributed by atoms with Gasteiger partial charge in [0.05, 0.1) is 0 Å². The molecule has 1 rings (SSSR count). The van der Waals surface area contributed by atoms with E-state index in [2.05, 4.69) is 5.32 Å². The Morgan fingerprint density at radius 1 is 1.58 bits per heavy atom. The Balaban J connectivity index is 2.49. The van der Waals surface area contributed by atoms with Crippen molar-refractivity contribution in [2.24, 2.45) is 5.92 Å². The molecule has 5 heteroatoms. The second kappa shape index (κ2) is 3.33. The molecule has 1 amide bonds. The molecule has 70 valence electrons. The Labute approximate surface area is 68.1 Å². The summed E-state index contributed by atoms with van der Waals surface area (Å²) in [6.45, 7) is -1.76. The SMILES string of the molecule is O=C1CCC(C(F)(F)CF)CN1. The van der Waals surface area contributed by atoms with Crippen LogP contribution in [0.2, 0.25) is 0 Å². The maximum Gasteiger partial charge on any atom is 0.280 e. The van der Waals surface area contributed by atoms with Gasteiger partial charge in [0, 0.05) is 18.9 Å². The topological polar surface area (TPSA) is 29.1 Å². The molecule has 1 saturated heterocycles. The van der Waals surface area contributed by atoms with Crippen LogP contribution in [0.15, 0.2) is 0 Å². The molecule has 0 radical (unpaired) electrons. The number of piperidine rings is 1. The van der Waals surface area contributed by atoms with Crippen LogP contribution in [0, 0.1) is 5.92 Å². The third kappa shape index (κ3) is 1.89. The minimum atomic E-state index is -3.28. The first-order valence-electron chi connectivity index (χ1n) is 3.77. The van der Waals surface area contributed by atoms with Gasteiger partial charge in [-0.3, -0.25) is 4.79 Å². The maximum atomic E-state index is 12.6. The van der Waals surface area contributed by atoms with Crippen LogP contribution in [0.25, 0.3) is 0 Å². The molecule has 0 saturated carbocycles. The lowest BCUT2D eigenvalue weighted by Crippen LogP contribution is -2.44. The van der Waals surface area contributed by atoms with E-state index in [1.54, 1.807) is 0 Å². The van der Waals surface area contributed by atoms with Crippen molar-refractivity contribution < 1.29 is 18.0 Å². The number of rotatable bonds is 2. The monoisotopic (exact) mass is 181 g/mol. The number of alkyl halides is 3. The van der Waals surface area contributed by atoms with E-state index in [1.165, 1.54) is 0 Å². The van der Waals surface area contributed by atoms with Crippen LogP contribution in [-0.4, -0.2) is 25.0 Å². The van der Waals surface area contributed by atoms with Crippen LogP contribution in [0.5, 0.6) is 0 Å². The zero-order valence-electron chi connectivity index (χ0n) is 6.45. The van der Waals surface area contributed by atoms with Crippen LogP contribution in [0.3, 0.4) is 0 Å². The van der Waals surface area contributed by atoms with Gasteiger partial charge in [-0.1, -0.05) is 0 Å². The summed E-state index contributed by atoms with van der Waals surface area (Å²) in [6.07, 6.45) is 0.142. The van der Waals surface area contributed by atoms with Gasteiger partial charge in [0.2, 0.25) is 5.91 Å². The van der Waals surface area contributed by atoms with Gasteiger partial charge >= 0.3 is 0 Å². The van der Waals surface area contributed by atoms with Gasteiger partial charge in [-0.25, -0.2) is 13.2 Å². The second-order valence-electron chi connectivity index (χ2n) is 2.93. The van der Waals surface area contributed by atoms with Crippen LogP contribution in [0.1, 0.15) is 12.8 Å². The Kier molecular flexibility index (Phi) is 2.59. The number of amides is 1. The van der Waals surface area contributed by atoms with E-state index in [4.69, 9.17) is 0 Å². The predicted molar refractivity (Wildman–Crippen MR) is 36.7 cm³/mol. The zero-order valence-corrected chi connectivity index (χ0v) is 6.45. The first-order chi connectivity index (χ1) is 5.56. The van der Waals surface area contributed by atoms with E-state index < -0.39 is 18.5 Å². The second-order valence-corrected chi connectivity index (χ2v) is 2.93. The molecular weight excluding hydrogens is 171 g/mol. The normalized spacial score (nSPS) is 25.2. The van der Waals surface area contributed by atoms with Gasteiger partial charge < -0.3 is 5.32 Å². The van der Waals surface area contributed by atoms with Gasteiger partial charge in [0.1, 0.15) is 0 Å². The van der Waals surface area contributed by atoms with Gasteiger partial charge in [0.15, 0.2) is 6.67 Å². The van der Waals surface area contributed by atoms with Gasteiger partial charge in [-0.15, -0.1) is 0 Å². The van der Waals surface area contributed by atoms with E-state index in [0.717, 1.165) is 0 Å². The lowest BCUT2D eigenvalue weighted by molar-refractivity contribution is -0.128. The summed E-state index contributed by atoms with van der Waals surface area (Å²) >= 11 is 0. The molecule has 1 atom stereocenters. The van der Waals surface area contributed by atoms with Crippen molar-refractivity contribution >= 4 is 5.91 Å². The van der Waals surface area contributed by atoms with Crippen molar-refractivity contribution in [3.8, 4) is 0 Å². The van der Waals surface area contributed by atoms with E-state index in [0.29, 0.717) is 0 Å². The highest BCUT2D eigenvalue weighted by Gasteiger charge is 2.41. The Morgan fingerprint density at radius 2 is 2.25 bits per heavy atom. The molecule has 0 aromatic heterocycles. The maximum absolute atomic E-state index is 12.6. The summed E-state index contributed by atoms with van der Waals surface area (Å²) in [5.41, 5.74) is 0. The first kappa shape index (κ1) is 9.35. The molecule has 0 aliphatic carbocycles. The summed E-state index contributed by atoms with van der Waals surface area (Å²) in [5, 5.41) is 2.29. The van der Waals surface area contributed by atoms with Crippen molar-refractivity contribution in [1.82, 2.24) is 5.32 Å². The minimum absolute atomic E-state index is 0.0697. The summed E-state index contributed by atoms with van der Waals surface area (Å²) in [4.78, 5) is 10.6. The largest absolute Gasteiger partial charge is 0.356 e. The fourth-order valence-corrected chi connectivity index (χ4v) is 1.20. The highest BCUT2D eigenvalue weighted by molar-refractivity contribution is 5.76. The fourth-order valence-electron chi connectivity index (χ4n) is 1.20. The molecule has 12 heavy (non-hydrogen) atoms. The zero-order chi connectivity index (χ0) is 9.19. The molecule has 2 nitrogen and oxygen atoms in total. The van der Waals surface area contributed by atoms with Gasteiger partial charge in [-0.2, -0.15) is 0 Å². The standard InChI is InChI=1S/C7H10F3NO/c8-4-7(9,10)5-1-2-6(12)11-3-5/h5H,1-4H2,(H,11,12). The van der Waals surface area contributed by atoms with Crippen LogP contribution < -0.4 is 5.32 Å². The summed E-state index contributed by atoms with van der Waals surface area (Å²) < 4.78 is 37.1. The number of carbonyl (C=O) groups excluding carboxylic acids is 1. The Bertz CT molecular complexity index is 173. The van der Waals surface area contributed by atoms with Crippen molar-refractivity contribution in [3.63, 3.8) is 0 Å². The lowest BCUT2D eigenvalue weighted by atomic mass is 9.93. The Morgan fingerprint density at radius 3 is 2.67 bits per heavy atom. The number of hydrogen-bond acceptors (Lipinski definition) is 1. The molecule has 1 N–H and O–H groups in total. The van der Waals surface area contributed by atoms with E-state index >= 15 is 0 Å². The number of carbonyl (C=O) groups is 1. The molecule has 1 aliphatic heterocycles. The molecule has 0 spiro atoms. The molecule has 0 aromatic carbocycles. The van der Waals surface area contributed by atoms with Gasteiger partial charge in [-0.05, 0) is 6.42 Å². The van der Waals surface area contributed by atoms with Crippen molar-refractivity contribution in [3.05, 3.63) is 0 Å². The molecule has 1 heterocycles. The van der Waals surface area contributed by atoms with Crippen LogP contribution in [0.4, 0.5) is 13.2 Å². The summed E-state index contributed by atoms with van der Waals surface area (Å²) in [5.74, 6) is -4.56. The van der Waals surface area contributed by atoms with Crippen LogP contribution in [-0.2, 0) is 4.79 Å². The predicted octanol–water partition coefficient (Wildman–Crippen LogP) is 1.12. The number of nitrogens with one attached hydrogen (secondary N) is 1. The average Bonchev–Trinajstić information content (AvgIpc) is 2.05. The molecule has 0 aromatic rings. The quantitative estimate of drug-likeness (QED) is 0.679. The minimum Gasteiger partial charge on any atom is -0.356 e. The average molecular weight is 181 g/mol. The molecule has 1 fully saturated rings. The molecular formula is C7H10F3NO. The summed E-state index contributed by atoms with van der Waals surface area (Å²) in [6, 6.07) is 0. The Hall–Kier alpha value is -0.740. The van der Waals surface area contributed by atoms with Gasteiger partial charge in [0.25, 0.3) is 5.92 Å². The number of hydrogen-bond donors (Lipinski definition) is 1. The first-order valence-corrected chi connectivity index (χ1v) is 3.77.